The zero-order chi connectivity index (χ0) is 14.6. The molecule has 0 bridgehead atoms. The van der Waals surface area contributed by atoms with Crippen LogP contribution in [0.1, 0.15) is 20.8 Å². The molecule has 106 valence electrons. The summed E-state index contributed by atoms with van der Waals surface area (Å²) in [6.07, 6.45) is 0. The molecule has 0 aliphatic heterocycles. The molecule has 0 aliphatic rings. The number of nitrogens with one attached hydrogen (secondary N) is 1. The van der Waals surface area contributed by atoms with E-state index < -0.39 is 10.7 Å². The molecule has 0 aliphatic carbocycles. The van der Waals surface area contributed by atoms with E-state index in [1.54, 1.807) is 0 Å². The molecule has 0 radical (unpaired) electrons. The monoisotopic (exact) mass is 270 g/mol. The van der Waals surface area contributed by atoms with Gasteiger partial charge in [0.2, 0.25) is 0 Å². The standard InChI is InChI=1S/C13H19FN2O3/c1-8(2)9(3)7-15-11-6-13(19-4)12(16(17)18)5-10(11)14/h5-6,8-9,15H,7H2,1-4H3. The fraction of sp³-hybridized carbons (Fsp3) is 0.538. The summed E-state index contributed by atoms with van der Waals surface area (Å²) in [5, 5.41) is 13.7. The number of rotatable bonds is 6. The minimum atomic E-state index is -0.664. The van der Waals surface area contributed by atoms with Crippen LogP contribution in [0.15, 0.2) is 12.1 Å². The SMILES string of the molecule is COc1cc(NCC(C)C(C)C)c(F)cc1[N+](=O)[O-]. The van der Waals surface area contributed by atoms with Crippen LogP contribution in [0.3, 0.4) is 0 Å². The van der Waals surface area contributed by atoms with E-state index >= 15 is 0 Å². The largest absolute Gasteiger partial charge is 0.490 e. The van der Waals surface area contributed by atoms with Gasteiger partial charge in [0.1, 0.15) is 0 Å². The summed E-state index contributed by atoms with van der Waals surface area (Å²) in [6, 6.07) is 2.20. The third-order valence-electron chi connectivity index (χ3n) is 3.22. The number of nitrogens with zero attached hydrogens (tertiary/aromatic N) is 1. The van der Waals surface area contributed by atoms with Crippen LogP contribution in [0, 0.1) is 27.8 Å². The van der Waals surface area contributed by atoms with E-state index in [4.69, 9.17) is 4.74 Å². The third kappa shape index (κ3) is 3.81. The maximum absolute atomic E-state index is 13.8. The van der Waals surface area contributed by atoms with Crippen LogP contribution >= 0.6 is 0 Å². The molecule has 1 unspecified atom stereocenters. The Labute approximate surface area is 111 Å². The molecule has 6 heteroatoms. The summed E-state index contributed by atoms with van der Waals surface area (Å²) in [7, 11) is 1.32. The molecule has 0 aromatic heterocycles. The third-order valence-corrected chi connectivity index (χ3v) is 3.22. The smallest absolute Gasteiger partial charge is 0.313 e. The maximum atomic E-state index is 13.8. The number of ether oxygens (including phenoxy) is 1. The molecule has 1 aromatic rings. The fourth-order valence-electron chi connectivity index (χ4n) is 1.49. The first-order valence-corrected chi connectivity index (χ1v) is 6.12. The van der Waals surface area contributed by atoms with Gasteiger partial charge in [-0.3, -0.25) is 10.1 Å². The summed E-state index contributed by atoms with van der Waals surface area (Å²) in [6.45, 7) is 6.81. The minimum absolute atomic E-state index is 0.0473. The second kappa shape index (κ2) is 6.36. The van der Waals surface area contributed by atoms with E-state index in [9.17, 15) is 14.5 Å². The van der Waals surface area contributed by atoms with E-state index in [0.29, 0.717) is 18.4 Å². The molecule has 1 aromatic carbocycles. The van der Waals surface area contributed by atoms with E-state index in [0.717, 1.165) is 6.07 Å². The molecule has 0 fully saturated rings. The van der Waals surface area contributed by atoms with E-state index in [-0.39, 0.29) is 17.1 Å². The van der Waals surface area contributed by atoms with Crippen molar-refractivity contribution in [2.24, 2.45) is 11.8 Å². The number of halogens is 1. The molecular weight excluding hydrogens is 251 g/mol. The summed E-state index contributed by atoms with van der Waals surface area (Å²) in [5.41, 5.74) is -0.155. The van der Waals surface area contributed by atoms with Crippen molar-refractivity contribution in [2.45, 2.75) is 20.8 Å². The van der Waals surface area contributed by atoms with Gasteiger partial charge < -0.3 is 10.1 Å². The lowest BCUT2D eigenvalue weighted by Gasteiger charge is -2.17. The van der Waals surface area contributed by atoms with Crippen LogP contribution in [-0.2, 0) is 0 Å². The average Bonchev–Trinajstić information content (AvgIpc) is 2.36. The van der Waals surface area contributed by atoms with Crippen molar-refractivity contribution in [1.29, 1.82) is 0 Å². The van der Waals surface area contributed by atoms with Crippen LogP contribution in [0.2, 0.25) is 0 Å². The summed E-state index contributed by atoms with van der Waals surface area (Å²) in [5.74, 6) is 0.227. The molecule has 1 N–H and O–H groups in total. The molecule has 1 rings (SSSR count). The van der Waals surface area contributed by atoms with E-state index in [1.165, 1.54) is 13.2 Å². The van der Waals surface area contributed by atoms with Gasteiger partial charge in [0.25, 0.3) is 0 Å². The second-order valence-corrected chi connectivity index (χ2v) is 4.86. The summed E-state index contributed by atoms with van der Waals surface area (Å²) < 4.78 is 18.7. The van der Waals surface area contributed by atoms with Gasteiger partial charge in [0.15, 0.2) is 11.6 Å². The van der Waals surface area contributed by atoms with Gasteiger partial charge in [-0.15, -0.1) is 0 Å². The van der Waals surface area contributed by atoms with Crippen LogP contribution < -0.4 is 10.1 Å². The number of nitro benzene ring substituents is 1. The van der Waals surface area contributed by atoms with Crippen LogP contribution in [0.25, 0.3) is 0 Å². The van der Waals surface area contributed by atoms with Crippen molar-refractivity contribution in [1.82, 2.24) is 0 Å². The Hall–Kier alpha value is -1.85. The Bertz CT molecular complexity index is 463. The van der Waals surface area contributed by atoms with Gasteiger partial charge >= 0.3 is 5.69 Å². The first-order valence-electron chi connectivity index (χ1n) is 6.12. The van der Waals surface area contributed by atoms with Gasteiger partial charge in [-0.25, -0.2) is 4.39 Å². The Balaban J connectivity index is 2.94. The Morgan fingerprint density at radius 2 is 2.05 bits per heavy atom. The summed E-state index contributed by atoms with van der Waals surface area (Å²) >= 11 is 0. The van der Waals surface area contributed by atoms with Gasteiger partial charge in [-0.1, -0.05) is 20.8 Å². The minimum Gasteiger partial charge on any atom is -0.490 e. The number of hydrogen-bond donors (Lipinski definition) is 1. The van der Waals surface area contributed by atoms with Crippen molar-refractivity contribution in [3.05, 3.63) is 28.1 Å². The van der Waals surface area contributed by atoms with Gasteiger partial charge in [-0.2, -0.15) is 0 Å². The molecule has 0 spiro atoms. The second-order valence-electron chi connectivity index (χ2n) is 4.86. The van der Waals surface area contributed by atoms with Crippen molar-refractivity contribution in [3.63, 3.8) is 0 Å². The van der Waals surface area contributed by atoms with Gasteiger partial charge in [-0.05, 0) is 11.8 Å². The number of benzene rings is 1. The highest BCUT2D eigenvalue weighted by Crippen LogP contribution is 2.32. The molecule has 0 heterocycles. The summed E-state index contributed by atoms with van der Waals surface area (Å²) in [4.78, 5) is 10.1. The number of hydrogen-bond acceptors (Lipinski definition) is 4. The topological polar surface area (TPSA) is 64.4 Å². The fourth-order valence-corrected chi connectivity index (χ4v) is 1.49. The van der Waals surface area contributed by atoms with Crippen LogP contribution in [-0.4, -0.2) is 18.6 Å². The predicted molar refractivity (Wildman–Crippen MR) is 72.1 cm³/mol. The van der Waals surface area contributed by atoms with Crippen molar-refractivity contribution >= 4 is 11.4 Å². The van der Waals surface area contributed by atoms with Crippen molar-refractivity contribution in [3.8, 4) is 5.75 Å². The normalized spacial score (nSPS) is 12.3. The average molecular weight is 270 g/mol. The molecule has 5 nitrogen and oxygen atoms in total. The van der Waals surface area contributed by atoms with Crippen molar-refractivity contribution in [2.75, 3.05) is 19.0 Å². The maximum Gasteiger partial charge on any atom is 0.313 e. The number of nitro groups is 1. The lowest BCUT2D eigenvalue weighted by Crippen LogP contribution is -2.17. The molecule has 0 amide bonds. The Morgan fingerprint density at radius 3 is 2.53 bits per heavy atom. The van der Waals surface area contributed by atoms with Crippen LogP contribution in [0.5, 0.6) is 5.75 Å². The van der Waals surface area contributed by atoms with Gasteiger partial charge in [0.05, 0.1) is 23.8 Å². The number of methoxy groups -OCH3 is 1. The first kappa shape index (κ1) is 15.2. The first-order chi connectivity index (χ1) is 8.86. The molecule has 0 saturated carbocycles. The lowest BCUT2D eigenvalue weighted by atomic mass is 9.98. The molecular formula is C13H19FN2O3. The zero-order valence-electron chi connectivity index (χ0n) is 11.6. The Morgan fingerprint density at radius 1 is 1.42 bits per heavy atom. The van der Waals surface area contributed by atoms with Crippen LogP contribution in [0.4, 0.5) is 15.8 Å². The molecule has 1 atom stereocenters. The molecule has 19 heavy (non-hydrogen) atoms. The Kier molecular flexibility index (Phi) is 5.09. The van der Waals surface area contributed by atoms with E-state index in [2.05, 4.69) is 26.1 Å². The predicted octanol–water partition coefficient (Wildman–Crippen LogP) is 3.45. The van der Waals surface area contributed by atoms with Gasteiger partial charge in [0, 0.05) is 12.6 Å². The quantitative estimate of drug-likeness (QED) is 0.635. The van der Waals surface area contributed by atoms with Crippen molar-refractivity contribution < 1.29 is 14.1 Å². The number of anilines is 1. The highest BCUT2D eigenvalue weighted by atomic mass is 19.1. The lowest BCUT2D eigenvalue weighted by molar-refractivity contribution is -0.385. The molecule has 0 saturated heterocycles. The highest BCUT2D eigenvalue weighted by Gasteiger charge is 2.19. The highest BCUT2D eigenvalue weighted by molar-refractivity contribution is 5.59. The zero-order valence-corrected chi connectivity index (χ0v) is 11.6. The van der Waals surface area contributed by atoms with E-state index in [1.807, 2.05) is 0 Å².